The van der Waals surface area contributed by atoms with Crippen LogP contribution < -0.4 is 10.6 Å². The number of carbonyl (C=O) groups excluding carboxylic acids is 1. The van der Waals surface area contributed by atoms with Gasteiger partial charge in [-0.25, -0.2) is 4.79 Å². The quantitative estimate of drug-likeness (QED) is 0.497. The molecule has 15 heavy (non-hydrogen) atoms. The van der Waals surface area contributed by atoms with Gasteiger partial charge in [-0.3, -0.25) is 0 Å². The van der Waals surface area contributed by atoms with Crippen molar-refractivity contribution < 1.29 is 19.4 Å². The molecule has 0 bridgehead atoms. The molecule has 2 amide bonds. The summed E-state index contributed by atoms with van der Waals surface area (Å²) in [6, 6.07) is -0.330. The van der Waals surface area contributed by atoms with Crippen LogP contribution >= 0.6 is 0 Å². The minimum absolute atomic E-state index is 0.139. The second-order valence-electron chi connectivity index (χ2n) is 3.53. The van der Waals surface area contributed by atoms with Crippen LogP contribution in [0.3, 0.4) is 0 Å². The van der Waals surface area contributed by atoms with E-state index in [-0.39, 0.29) is 19.2 Å². The van der Waals surface area contributed by atoms with Gasteiger partial charge in [-0.05, 0) is 6.92 Å². The Kier molecular flexibility index (Phi) is 7.02. The first-order valence-electron chi connectivity index (χ1n) is 4.74. The van der Waals surface area contributed by atoms with Crippen molar-refractivity contribution in [3.8, 4) is 0 Å². The molecule has 6 heteroatoms. The summed E-state index contributed by atoms with van der Waals surface area (Å²) in [4.78, 5) is 11.1. The lowest BCUT2D eigenvalue weighted by Gasteiger charge is -2.22. The Morgan fingerprint density at radius 1 is 1.33 bits per heavy atom. The molecule has 1 atom stereocenters. The molecule has 6 nitrogen and oxygen atoms in total. The van der Waals surface area contributed by atoms with Gasteiger partial charge in [-0.2, -0.15) is 0 Å². The number of urea groups is 1. The molecule has 0 aromatic carbocycles. The zero-order chi connectivity index (χ0) is 11.7. The van der Waals surface area contributed by atoms with E-state index in [1.807, 2.05) is 0 Å². The van der Waals surface area contributed by atoms with E-state index in [9.17, 15) is 9.90 Å². The van der Waals surface area contributed by atoms with E-state index in [0.717, 1.165) is 0 Å². The highest BCUT2D eigenvalue weighted by molar-refractivity contribution is 5.73. The molecule has 0 aliphatic carbocycles. The third-order valence-corrected chi connectivity index (χ3v) is 1.68. The highest BCUT2D eigenvalue weighted by Gasteiger charge is 2.20. The minimum atomic E-state index is -1.05. The van der Waals surface area contributed by atoms with E-state index in [1.54, 1.807) is 14.0 Å². The fourth-order valence-corrected chi connectivity index (χ4v) is 0.962. The van der Waals surface area contributed by atoms with Crippen molar-refractivity contribution in [1.82, 2.24) is 10.6 Å². The Morgan fingerprint density at radius 2 is 2.00 bits per heavy atom. The first kappa shape index (κ1) is 14.2. The van der Waals surface area contributed by atoms with Gasteiger partial charge in [0.15, 0.2) is 0 Å². The van der Waals surface area contributed by atoms with E-state index in [1.165, 1.54) is 7.11 Å². The summed E-state index contributed by atoms with van der Waals surface area (Å²) in [5.74, 6) is 0. The maximum atomic E-state index is 11.1. The van der Waals surface area contributed by atoms with Gasteiger partial charge in [0.25, 0.3) is 0 Å². The average molecular weight is 220 g/mol. The van der Waals surface area contributed by atoms with Crippen LogP contribution in [0.15, 0.2) is 0 Å². The van der Waals surface area contributed by atoms with E-state index >= 15 is 0 Å². The molecule has 0 aromatic heterocycles. The molecule has 1 unspecified atom stereocenters. The standard InChI is InChI=1S/C9H20N2O4/c1-9(13,7-15-3)6-11-8(12)10-4-5-14-2/h13H,4-7H2,1-3H3,(H2,10,11,12). The largest absolute Gasteiger partial charge is 0.386 e. The number of hydrogen-bond acceptors (Lipinski definition) is 4. The van der Waals surface area contributed by atoms with Crippen molar-refractivity contribution >= 4 is 6.03 Å². The number of hydrogen-bond donors (Lipinski definition) is 3. The number of methoxy groups -OCH3 is 2. The molecule has 0 rings (SSSR count). The van der Waals surface area contributed by atoms with Crippen molar-refractivity contribution in [2.75, 3.05) is 40.5 Å². The summed E-state index contributed by atoms with van der Waals surface area (Å²) >= 11 is 0. The van der Waals surface area contributed by atoms with E-state index in [4.69, 9.17) is 9.47 Å². The van der Waals surface area contributed by atoms with E-state index < -0.39 is 5.60 Å². The lowest BCUT2D eigenvalue weighted by molar-refractivity contribution is -0.0136. The zero-order valence-electron chi connectivity index (χ0n) is 9.50. The molecule has 0 heterocycles. The molecule has 0 radical (unpaired) electrons. The fraction of sp³-hybridized carbons (Fsp3) is 0.889. The molecule has 0 aliphatic heterocycles. The summed E-state index contributed by atoms with van der Waals surface area (Å²) in [7, 11) is 3.05. The van der Waals surface area contributed by atoms with Crippen molar-refractivity contribution in [3.63, 3.8) is 0 Å². The molecule has 0 saturated carbocycles. The molecule has 90 valence electrons. The number of nitrogens with one attached hydrogen (secondary N) is 2. The number of amides is 2. The summed E-state index contributed by atoms with van der Waals surface area (Å²) < 4.78 is 9.56. The van der Waals surface area contributed by atoms with Gasteiger partial charge in [0.1, 0.15) is 5.60 Å². The Hall–Kier alpha value is -0.850. The predicted octanol–water partition coefficient (Wildman–Crippen LogP) is -0.671. The SMILES string of the molecule is COCCNC(=O)NCC(C)(O)COC. The van der Waals surface area contributed by atoms with Gasteiger partial charge in [0.2, 0.25) is 0 Å². The Bertz CT molecular complexity index is 185. The lowest BCUT2D eigenvalue weighted by atomic mass is 10.1. The molecular formula is C9H20N2O4. The number of rotatable bonds is 7. The van der Waals surface area contributed by atoms with Crippen LogP contribution in [-0.4, -0.2) is 57.3 Å². The van der Waals surface area contributed by atoms with Crippen LogP contribution in [0.4, 0.5) is 4.79 Å². The topological polar surface area (TPSA) is 79.8 Å². The molecule has 0 fully saturated rings. The monoisotopic (exact) mass is 220 g/mol. The normalized spacial score (nSPS) is 14.4. The van der Waals surface area contributed by atoms with Crippen LogP contribution in [0.1, 0.15) is 6.92 Å². The van der Waals surface area contributed by atoms with Crippen molar-refractivity contribution in [1.29, 1.82) is 0 Å². The van der Waals surface area contributed by atoms with Crippen molar-refractivity contribution in [2.24, 2.45) is 0 Å². The second kappa shape index (κ2) is 7.44. The number of carbonyl (C=O) groups is 1. The van der Waals surface area contributed by atoms with Crippen LogP contribution in [0.5, 0.6) is 0 Å². The van der Waals surface area contributed by atoms with Crippen molar-refractivity contribution in [2.45, 2.75) is 12.5 Å². The fourth-order valence-electron chi connectivity index (χ4n) is 0.962. The predicted molar refractivity (Wildman–Crippen MR) is 55.8 cm³/mol. The highest BCUT2D eigenvalue weighted by atomic mass is 16.5. The smallest absolute Gasteiger partial charge is 0.314 e. The minimum Gasteiger partial charge on any atom is -0.386 e. The Morgan fingerprint density at radius 3 is 2.53 bits per heavy atom. The van der Waals surface area contributed by atoms with Crippen LogP contribution in [0, 0.1) is 0 Å². The first-order valence-corrected chi connectivity index (χ1v) is 4.74. The van der Waals surface area contributed by atoms with Crippen LogP contribution in [0.2, 0.25) is 0 Å². The van der Waals surface area contributed by atoms with E-state index in [2.05, 4.69) is 10.6 Å². The number of aliphatic hydroxyl groups is 1. The summed E-state index contributed by atoms with van der Waals surface area (Å²) in [5, 5.41) is 14.7. The summed E-state index contributed by atoms with van der Waals surface area (Å²) in [5.41, 5.74) is -1.05. The van der Waals surface area contributed by atoms with Crippen LogP contribution in [0.25, 0.3) is 0 Å². The molecule has 0 aliphatic rings. The van der Waals surface area contributed by atoms with Gasteiger partial charge in [0.05, 0.1) is 19.8 Å². The summed E-state index contributed by atoms with van der Waals surface area (Å²) in [6.07, 6.45) is 0. The van der Waals surface area contributed by atoms with Crippen molar-refractivity contribution in [3.05, 3.63) is 0 Å². The van der Waals surface area contributed by atoms with Gasteiger partial charge < -0.3 is 25.2 Å². The zero-order valence-corrected chi connectivity index (χ0v) is 9.50. The number of ether oxygens (including phenoxy) is 2. The Balaban J connectivity index is 3.60. The molecule has 0 saturated heterocycles. The maximum Gasteiger partial charge on any atom is 0.314 e. The highest BCUT2D eigenvalue weighted by Crippen LogP contribution is 2.00. The third kappa shape index (κ3) is 8.17. The van der Waals surface area contributed by atoms with E-state index in [0.29, 0.717) is 13.2 Å². The van der Waals surface area contributed by atoms with Crippen LogP contribution in [-0.2, 0) is 9.47 Å². The summed E-state index contributed by atoms with van der Waals surface area (Å²) in [6.45, 7) is 2.80. The molecule has 0 spiro atoms. The van der Waals surface area contributed by atoms with Gasteiger partial charge >= 0.3 is 6.03 Å². The third-order valence-electron chi connectivity index (χ3n) is 1.68. The molecule has 3 N–H and O–H groups in total. The average Bonchev–Trinajstić information content (AvgIpc) is 2.15. The molecular weight excluding hydrogens is 200 g/mol. The van der Waals surface area contributed by atoms with Gasteiger partial charge in [0, 0.05) is 20.8 Å². The molecule has 0 aromatic rings. The van der Waals surface area contributed by atoms with Gasteiger partial charge in [-0.1, -0.05) is 0 Å². The maximum absolute atomic E-state index is 11.1. The van der Waals surface area contributed by atoms with Gasteiger partial charge in [-0.15, -0.1) is 0 Å². The second-order valence-corrected chi connectivity index (χ2v) is 3.53. The first-order chi connectivity index (χ1) is 7.02. The lowest BCUT2D eigenvalue weighted by Crippen LogP contribution is -2.47. The Labute approximate surface area is 89.9 Å².